The highest BCUT2D eigenvalue weighted by Crippen LogP contribution is 2.55. The van der Waals surface area contributed by atoms with Crippen molar-refractivity contribution in [3.8, 4) is 0 Å². The van der Waals surface area contributed by atoms with E-state index in [1.807, 2.05) is 0 Å². The molecule has 2 saturated carbocycles. The minimum absolute atomic E-state index is 0.0302. The van der Waals surface area contributed by atoms with Crippen LogP contribution in [-0.4, -0.2) is 43.7 Å². The van der Waals surface area contributed by atoms with Gasteiger partial charge in [0.05, 0.1) is 12.1 Å². The number of carbonyl (C=O) groups excluding carboxylic acids is 1. The lowest BCUT2D eigenvalue weighted by Crippen LogP contribution is -2.51. The summed E-state index contributed by atoms with van der Waals surface area (Å²) in [4.78, 5) is 23.3. The van der Waals surface area contributed by atoms with Gasteiger partial charge in [-0.15, -0.1) is 10.2 Å². The summed E-state index contributed by atoms with van der Waals surface area (Å²) in [6.07, 6.45) is 0.380. The monoisotopic (exact) mass is 619 g/mol. The zero-order valence-electron chi connectivity index (χ0n) is 24.4. The van der Waals surface area contributed by atoms with Crippen LogP contribution in [-0.2, 0) is 42.9 Å². The number of benzene rings is 2. The molecular formula is C31H34F5N5O3. The molecule has 0 spiro atoms. The molecule has 2 aromatic carbocycles. The molecule has 44 heavy (non-hydrogen) atoms. The smallest absolute Gasteiger partial charge is 0.416 e. The topological polar surface area (TPSA) is 100 Å². The van der Waals surface area contributed by atoms with E-state index in [9.17, 15) is 26.7 Å². The van der Waals surface area contributed by atoms with Crippen molar-refractivity contribution in [1.82, 2.24) is 20.1 Å². The number of carbonyl (C=O) groups is 2. The van der Waals surface area contributed by atoms with E-state index in [0.717, 1.165) is 31.7 Å². The number of nitrogens with one attached hydrogen (secondary N) is 1. The van der Waals surface area contributed by atoms with E-state index in [1.165, 1.54) is 11.2 Å². The average Bonchev–Trinajstić information content (AvgIpc) is 3.65. The minimum atomic E-state index is -4.63. The molecule has 0 saturated heterocycles. The predicted molar refractivity (Wildman–Crippen MR) is 151 cm³/mol. The Labute approximate surface area is 251 Å². The normalized spacial score (nSPS) is 19.6. The number of nitrogens with zero attached hydrogens (tertiary/aromatic N) is 4. The van der Waals surface area contributed by atoms with Crippen molar-refractivity contribution < 1.29 is 36.6 Å². The minimum Gasteiger partial charge on any atom is -0.483 e. The third-order valence-corrected chi connectivity index (χ3v) is 9.10. The van der Waals surface area contributed by atoms with Crippen molar-refractivity contribution in [2.24, 2.45) is 7.05 Å². The Morgan fingerprint density at radius 2 is 1.80 bits per heavy atom. The van der Waals surface area contributed by atoms with Gasteiger partial charge in [0.1, 0.15) is 12.2 Å². The van der Waals surface area contributed by atoms with Gasteiger partial charge >= 0.3 is 6.18 Å². The molecule has 2 heterocycles. The second kappa shape index (κ2) is 11.6. The number of aromatic nitrogens is 3. The second-order valence-corrected chi connectivity index (χ2v) is 12.4. The predicted octanol–water partition coefficient (Wildman–Crippen LogP) is 6.03. The van der Waals surface area contributed by atoms with E-state index in [0.29, 0.717) is 22.6 Å². The molecule has 0 radical (unpaired) electrons. The van der Waals surface area contributed by atoms with E-state index >= 15 is 0 Å². The number of amides is 1. The molecule has 3 aromatic rings. The number of fused-ring (bicyclic) bond motifs is 1. The Morgan fingerprint density at radius 3 is 2.39 bits per heavy atom. The Bertz CT molecular complexity index is 1540. The highest BCUT2D eigenvalue weighted by Gasteiger charge is 2.57. The summed E-state index contributed by atoms with van der Waals surface area (Å²) in [5.41, 5.74) is -0.522. The summed E-state index contributed by atoms with van der Waals surface area (Å²) in [7, 11) is 1.74. The molecule has 13 heteroatoms. The van der Waals surface area contributed by atoms with Gasteiger partial charge in [-0.25, -0.2) is 8.78 Å². The first kappa shape index (κ1) is 31.6. The number of rotatable bonds is 7. The third-order valence-electron chi connectivity index (χ3n) is 9.10. The van der Waals surface area contributed by atoms with Crippen LogP contribution >= 0.6 is 0 Å². The number of hydrogen-bond donors (Lipinski definition) is 2. The number of carboxylic acid groups (broad SMARTS) is 1. The first-order valence-electron chi connectivity index (χ1n) is 14.4. The number of aryl methyl sites for hydroxylation is 1. The van der Waals surface area contributed by atoms with Crippen LogP contribution < -0.4 is 10.2 Å². The van der Waals surface area contributed by atoms with Gasteiger partial charge in [0.2, 0.25) is 5.92 Å². The van der Waals surface area contributed by atoms with Crippen LogP contribution in [0, 0.1) is 0 Å². The molecule has 2 aliphatic carbocycles. The van der Waals surface area contributed by atoms with Crippen molar-refractivity contribution in [2.45, 2.75) is 88.0 Å². The van der Waals surface area contributed by atoms with Gasteiger partial charge in [0.25, 0.3) is 12.4 Å². The number of hydrogen-bond acceptors (Lipinski definition) is 5. The molecule has 2 N–H and O–H groups in total. The van der Waals surface area contributed by atoms with Gasteiger partial charge in [-0.05, 0) is 60.7 Å². The second-order valence-electron chi connectivity index (χ2n) is 12.4. The lowest BCUT2D eigenvalue weighted by atomic mass is 9.60. The quantitative estimate of drug-likeness (QED) is 0.248. The maximum Gasteiger partial charge on any atom is 0.416 e. The molecule has 1 amide bonds. The van der Waals surface area contributed by atoms with Gasteiger partial charge in [0.15, 0.2) is 0 Å². The zero-order valence-corrected chi connectivity index (χ0v) is 24.4. The fourth-order valence-corrected chi connectivity index (χ4v) is 6.82. The summed E-state index contributed by atoms with van der Waals surface area (Å²) in [6, 6.07) is 9.39. The lowest BCUT2D eigenvalue weighted by Gasteiger charge is -2.48. The van der Waals surface area contributed by atoms with Crippen LogP contribution in [0.25, 0.3) is 0 Å². The van der Waals surface area contributed by atoms with Crippen molar-refractivity contribution in [3.63, 3.8) is 0 Å². The summed E-state index contributed by atoms with van der Waals surface area (Å²) >= 11 is 0. The fourth-order valence-electron chi connectivity index (χ4n) is 6.82. The molecule has 3 aliphatic rings. The highest BCUT2D eigenvalue weighted by atomic mass is 19.4. The molecule has 0 bridgehead atoms. The molecule has 2 fully saturated rings. The molecule has 1 aromatic heterocycles. The van der Waals surface area contributed by atoms with E-state index < -0.39 is 41.8 Å². The first-order valence-corrected chi connectivity index (χ1v) is 14.4. The van der Waals surface area contributed by atoms with Crippen molar-refractivity contribution in [2.75, 3.05) is 4.90 Å². The average molecular weight is 620 g/mol. The standard InChI is InChI=1S/C30H32F5N5O.CH2O2/c1-27(8-3-4-9-27)36-14-19-10-22-23(24(11-19)30(33,34)35)15-40(26(22)41)21-7-5-6-20(12-21)28(16-29(31,32)17-28)13-25-38-37-18-39(25)2;2-1-3/h5-7,10-12,18,36H,3-4,8-9,13-17H2,1-2H3;1H,(H,2,3). The maximum absolute atomic E-state index is 14.3. The van der Waals surface area contributed by atoms with Gasteiger partial charge in [-0.3, -0.25) is 9.59 Å². The van der Waals surface area contributed by atoms with Crippen molar-refractivity contribution >= 4 is 18.1 Å². The summed E-state index contributed by atoms with van der Waals surface area (Å²) < 4.78 is 72.8. The Kier molecular flexibility index (Phi) is 8.29. The zero-order chi connectivity index (χ0) is 31.9. The van der Waals surface area contributed by atoms with E-state index in [2.05, 4.69) is 22.4 Å². The van der Waals surface area contributed by atoms with Gasteiger partial charge in [0, 0.05) is 55.1 Å². The molecule has 8 nitrogen and oxygen atoms in total. The SMILES string of the molecule is Cn1cnnc1CC1(c2cccc(N3Cc4c(cc(CNC5(C)CCCC5)cc4C(F)(F)F)C3=O)c2)CC(F)(F)C1.O=CO. The first-order chi connectivity index (χ1) is 20.7. The summed E-state index contributed by atoms with van der Waals surface area (Å²) in [5.74, 6) is -2.81. The van der Waals surface area contributed by atoms with E-state index in [-0.39, 0.29) is 42.6 Å². The van der Waals surface area contributed by atoms with Gasteiger partial charge < -0.3 is 19.9 Å². The highest BCUT2D eigenvalue weighted by molar-refractivity contribution is 6.10. The Hall–Kier alpha value is -3.87. The van der Waals surface area contributed by atoms with Crippen LogP contribution in [0.2, 0.25) is 0 Å². The van der Waals surface area contributed by atoms with Crippen LogP contribution in [0.3, 0.4) is 0 Å². The van der Waals surface area contributed by atoms with Crippen LogP contribution in [0.1, 0.15) is 83.9 Å². The lowest BCUT2D eigenvalue weighted by molar-refractivity contribution is -0.138. The maximum atomic E-state index is 14.3. The number of halogens is 5. The van der Waals surface area contributed by atoms with Crippen LogP contribution in [0.4, 0.5) is 27.6 Å². The molecule has 0 unspecified atom stereocenters. The Balaban J connectivity index is 0.00000123. The van der Waals surface area contributed by atoms with E-state index in [4.69, 9.17) is 9.90 Å². The van der Waals surface area contributed by atoms with Gasteiger partial charge in [-0.2, -0.15) is 13.2 Å². The van der Waals surface area contributed by atoms with Crippen molar-refractivity contribution in [1.29, 1.82) is 0 Å². The van der Waals surface area contributed by atoms with Crippen LogP contribution in [0.5, 0.6) is 0 Å². The van der Waals surface area contributed by atoms with Crippen molar-refractivity contribution in [3.05, 3.63) is 76.4 Å². The summed E-state index contributed by atoms with van der Waals surface area (Å²) in [6.45, 7) is 1.81. The molecule has 0 atom stereocenters. The molecule has 236 valence electrons. The summed E-state index contributed by atoms with van der Waals surface area (Å²) in [5, 5.41) is 18.2. The number of anilines is 1. The van der Waals surface area contributed by atoms with Gasteiger partial charge in [-0.1, -0.05) is 25.0 Å². The third kappa shape index (κ3) is 6.19. The Morgan fingerprint density at radius 1 is 1.11 bits per heavy atom. The fraction of sp³-hybridized carbons (Fsp3) is 0.484. The van der Waals surface area contributed by atoms with E-state index in [1.54, 1.807) is 41.9 Å². The molecule has 1 aliphatic heterocycles. The molecule has 6 rings (SSSR count). The number of alkyl halides is 5. The van der Waals surface area contributed by atoms with Crippen LogP contribution in [0.15, 0.2) is 42.7 Å². The molecular weight excluding hydrogens is 585 g/mol. The largest absolute Gasteiger partial charge is 0.483 e.